The first-order valence-electron chi connectivity index (χ1n) is 5.00. The molecule has 0 aliphatic heterocycles. The first-order valence-corrected chi connectivity index (χ1v) is 5.00. The molecule has 0 saturated carbocycles. The molecule has 0 aliphatic carbocycles. The fourth-order valence-corrected chi connectivity index (χ4v) is 0. The second-order valence-corrected chi connectivity index (χ2v) is 0. The summed E-state index contributed by atoms with van der Waals surface area (Å²) in [6, 6.07) is 0. The van der Waals surface area contributed by atoms with Gasteiger partial charge in [0.2, 0.25) is 0 Å². The Morgan fingerprint density at radius 1 is 0.333 bits per heavy atom. The third kappa shape index (κ3) is 930. The Kier molecular flexibility index (Phi) is 5260. The smallest absolute Gasteiger partial charge is 0 e. The van der Waals surface area contributed by atoms with Gasteiger partial charge in [-0.25, -0.2) is 0 Å². The van der Waals surface area contributed by atoms with Gasteiger partial charge in [-0.1, -0.05) is 69.2 Å². The van der Waals surface area contributed by atoms with Crippen LogP contribution in [0.5, 0.6) is 0 Å². The Morgan fingerprint density at radius 3 is 0.333 bits per heavy atom. The summed E-state index contributed by atoms with van der Waals surface area (Å²) < 4.78 is 0. The Hall–Kier alpha value is 1.10. The Balaban J connectivity index is -0.00000000500. The van der Waals surface area contributed by atoms with Crippen molar-refractivity contribution in [3.63, 3.8) is 0 Å². The number of hydrogen-bond donors (Lipinski definition) is 0. The van der Waals surface area contributed by atoms with Crippen LogP contribution in [0.3, 0.4) is 0 Å². The van der Waals surface area contributed by atoms with E-state index in [0.29, 0.717) is 0 Å². The molecule has 0 spiro atoms. The van der Waals surface area contributed by atoms with Crippen LogP contribution in [0.4, 0.5) is 0 Å². The van der Waals surface area contributed by atoms with Crippen molar-refractivity contribution >= 4 is 0 Å². The molecule has 0 aromatic rings. The molecule has 12 heavy (non-hydrogen) atoms. The normalized spacial score (nSPS) is 2.50. The minimum absolute atomic E-state index is 0. The van der Waals surface area contributed by atoms with Gasteiger partial charge >= 0.3 is 0 Å². The molecule has 81 valence electrons. The minimum atomic E-state index is 0. The van der Waals surface area contributed by atoms with E-state index in [1.165, 1.54) is 0 Å². The van der Waals surface area contributed by atoms with E-state index in [1.807, 2.05) is 69.2 Å². The Bertz CT molecular complexity index is 4.97. The van der Waals surface area contributed by atoms with Crippen LogP contribution >= 0.6 is 0 Å². The van der Waals surface area contributed by atoms with Crippen molar-refractivity contribution in [1.82, 2.24) is 0 Å². The van der Waals surface area contributed by atoms with Gasteiger partial charge in [0.15, 0.2) is 0 Å². The summed E-state index contributed by atoms with van der Waals surface area (Å²) in [6.45, 7) is 20.0. The average molecular weight is 254 g/mol. The standard InChI is InChI=1S/5C2H6.CH3.Y/c5*1-2;;/h5*1-2H3;1H3;/q;;;;;-1;. The van der Waals surface area contributed by atoms with Gasteiger partial charge in [0.1, 0.15) is 0 Å². The maximum Gasteiger partial charge on any atom is 0 e. The molecule has 0 N–H and O–H groups in total. The topological polar surface area (TPSA) is 0 Å². The molecule has 0 fully saturated rings. The van der Waals surface area contributed by atoms with Gasteiger partial charge in [0.25, 0.3) is 0 Å². The minimum Gasteiger partial charge on any atom is -0.358 e. The molecule has 0 aliphatic rings. The maximum absolute atomic E-state index is 2.00. The van der Waals surface area contributed by atoms with E-state index in [-0.39, 0.29) is 40.1 Å². The quantitative estimate of drug-likeness (QED) is 0.495. The van der Waals surface area contributed by atoms with Crippen LogP contribution in [0.1, 0.15) is 69.2 Å². The molecule has 0 bridgehead atoms. The van der Waals surface area contributed by atoms with E-state index in [0.717, 1.165) is 0 Å². The van der Waals surface area contributed by atoms with Crippen molar-refractivity contribution in [3.8, 4) is 0 Å². The molecule has 1 radical (unpaired) electrons. The zero-order valence-corrected chi connectivity index (χ0v) is 14.4. The third-order valence-corrected chi connectivity index (χ3v) is 0. The molecule has 0 heterocycles. The van der Waals surface area contributed by atoms with Gasteiger partial charge in [-0.3, -0.25) is 0 Å². The van der Waals surface area contributed by atoms with Crippen LogP contribution in [0.25, 0.3) is 0 Å². The summed E-state index contributed by atoms with van der Waals surface area (Å²) in [5.74, 6) is 0. The van der Waals surface area contributed by atoms with Crippen LogP contribution in [-0.4, -0.2) is 0 Å². The van der Waals surface area contributed by atoms with Crippen LogP contribution in [0.15, 0.2) is 0 Å². The largest absolute Gasteiger partial charge is 0.358 e. The Morgan fingerprint density at radius 2 is 0.333 bits per heavy atom. The molecule has 1 heteroatoms. The average Bonchev–Trinajstić information content (AvgIpc) is 2.20. The molecule has 0 atom stereocenters. The third-order valence-electron chi connectivity index (χ3n) is 0. The van der Waals surface area contributed by atoms with Gasteiger partial charge in [-0.05, 0) is 0 Å². The van der Waals surface area contributed by atoms with E-state index >= 15 is 0 Å². The zero-order chi connectivity index (χ0) is 10.0. The molecule has 0 unspecified atom stereocenters. The van der Waals surface area contributed by atoms with Gasteiger partial charge in [-0.15, -0.1) is 0 Å². The Labute approximate surface area is 109 Å². The molecule has 0 rings (SSSR count). The fourth-order valence-electron chi connectivity index (χ4n) is 0. The maximum atomic E-state index is 2.00. The van der Waals surface area contributed by atoms with Crippen LogP contribution in [0.2, 0.25) is 0 Å². The van der Waals surface area contributed by atoms with Gasteiger partial charge in [0, 0.05) is 32.7 Å². The summed E-state index contributed by atoms with van der Waals surface area (Å²) >= 11 is 0. The molecule has 0 nitrogen and oxygen atoms in total. The first kappa shape index (κ1) is 51.5. The van der Waals surface area contributed by atoms with Crippen molar-refractivity contribution in [2.24, 2.45) is 0 Å². The van der Waals surface area contributed by atoms with Crippen molar-refractivity contribution < 1.29 is 32.7 Å². The van der Waals surface area contributed by atoms with Crippen molar-refractivity contribution in [2.45, 2.75) is 69.2 Å². The van der Waals surface area contributed by atoms with Crippen molar-refractivity contribution in [3.05, 3.63) is 7.43 Å². The van der Waals surface area contributed by atoms with Gasteiger partial charge < -0.3 is 7.43 Å². The van der Waals surface area contributed by atoms with E-state index in [2.05, 4.69) is 0 Å². The predicted octanol–water partition coefficient (Wildman–Crippen LogP) is 5.58. The number of rotatable bonds is 0. The van der Waals surface area contributed by atoms with Crippen LogP contribution in [-0.2, 0) is 32.7 Å². The van der Waals surface area contributed by atoms with E-state index in [9.17, 15) is 0 Å². The molecule has 0 saturated heterocycles. The molecular formula is C11H33Y-. The summed E-state index contributed by atoms with van der Waals surface area (Å²) in [4.78, 5) is 0. The predicted molar refractivity (Wildman–Crippen MR) is 63.2 cm³/mol. The van der Waals surface area contributed by atoms with E-state index < -0.39 is 0 Å². The zero-order valence-electron chi connectivity index (χ0n) is 11.6. The van der Waals surface area contributed by atoms with Crippen molar-refractivity contribution in [2.75, 3.05) is 0 Å². The van der Waals surface area contributed by atoms with Crippen LogP contribution < -0.4 is 0 Å². The second kappa shape index (κ2) is 1220. The van der Waals surface area contributed by atoms with Crippen LogP contribution in [0, 0.1) is 7.43 Å². The summed E-state index contributed by atoms with van der Waals surface area (Å²) in [7, 11) is 0. The van der Waals surface area contributed by atoms with Crippen molar-refractivity contribution in [1.29, 1.82) is 0 Å². The molecule has 0 aromatic carbocycles. The fraction of sp³-hybridized carbons (Fsp3) is 0.909. The summed E-state index contributed by atoms with van der Waals surface area (Å²) in [5.41, 5.74) is 0. The second-order valence-electron chi connectivity index (χ2n) is 0. The first-order chi connectivity index (χ1) is 5.00. The SMILES string of the molecule is CC.CC.CC.CC.CC.[CH3-].[Y]. The summed E-state index contributed by atoms with van der Waals surface area (Å²) in [5, 5.41) is 0. The van der Waals surface area contributed by atoms with Gasteiger partial charge in [0.05, 0.1) is 0 Å². The number of hydrogen-bond acceptors (Lipinski definition) is 0. The molecule has 0 aromatic heterocycles. The monoisotopic (exact) mass is 254 g/mol. The summed E-state index contributed by atoms with van der Waals surface area (Å²) in [6.07, 6.45) is 0. The molecule has 0 amide bonds. The van der Waals surface area contributed by atoms with E-state index in [4.69, 9.17) is 0 Å². The molecular weight excluding hydrogens is 221 g/mol. The van der Waals surface area contributed by atoms with E-state index in [1.54, 1.807) is 0 Å². The van der Waals surface area contributed by atoms with Gasteiger partial charge in [-0.2, -0.15) is 0 Å².